The normalized spacial score (nSPS) is 14.4. The zero-order valence-corrected chi connectivity index (χ0v) is 14.3. The van der Waals surface area contributed by atoms with Crippen molar-refractivity contribution in [2.75, 3.05) is 39.8 Å². The van der Waals surface area contributed by atoms with Crippen LogP contribution in [-0.2, 0) is 4.79 Å². The van der Waals surface area contributed by atoms with Crippen LogP contribution in [0.15, 0.2) is 18.3 Å². The summed E-state index contributed by atoms with van der Waals surface area (Å²) in [6.45, 7) is 4.81. The number of hydrogen-bond donors (Lipinski definition) is 0. The van der Waals surface area contributed by atoms with Crippen molar-refractivity contribution in [2.24, 2.45) is 0 Å². The first-order valence-corrected chi connectivity index (χ1v) is 8.27. The fourth-order valence-corrected chi connectivity index (χ4v) is 2.59. The molecule has 1 aromatic rings. The van der Waals surface area contributed by atoms with Crippen molar-refractivity contribution in [3.8, 4) is 0 Å². The average molecular weight is 332 g/mol. The van der Waals surface area contributed by atoms with E-state index in [1.807, 2.05) is 0 Å². The van der Waals surface area contributed by atoms with E-state index < -0.39 is 0 Å². The fraction of sp³-hybridized carbons (Fsp3) is 0.529. The molecule has 2 heterocycles. The molecule has 3 amide bonds. The van der Waals surface area contributed by atoms with Crippen molar-refractivity contribution in [3.63, 3.8) is 0 Å². The van der Waals surface area contributed by atoms with Gasteiger partial charge in [0, 0.05) is 51.5 Å². The van der Waals surface area contributed by atoms with Gasteiger partial charge in [0.05, 0.1) is 0 Å². The minimum absolute atomic E-state index is 0.131. The summed E-state index contributed by atoms with van der Waals surface area (Å²) in [6.07, 6.45) is 4.24. The van der Waals surface area contributed by atoms with Crippen LogP contribution in [0.4, 0.5) is 0 Å². The molecule has 7 nitrogen and oxygen atoms in total. The molecule has 24 heavy (non-hydrogen) atoms. The lowest BCUT2D eigenvalue weighted by molar-refractivity contribution is -0.119. The highest BCUT2D eigenvalue weighted by molar-refractivity contribution is 5.98. The number of carbonyl (C=O) groups excluding carboxylic acids is 3. The number of amides is 3. The van der Waals surface area contributed by atoms with E-state index in [9.17, 15) is 14.4 Å². The number of rotatable bonds is 6. The van der Waals surface area contributed by atoms with E-state index in [2.05, 4.69) is 11.9 Å². The zero-order chi connectivity index (χ0) is 17.5. The molecule has 0 unspecified atom stereocenters. The molecule has 1 aliphatic heterocycles. The summed E-state index contributed by atoms with van der Waals surface area (Å²) in [5, 5.41) is 0. The van der Waals surface area contributed by atoms with E-state index in [1.165, 1.54) is 6.20 Å². The van der Waals surface area contributed by atoms with Crippen LogP contribution in [0.1, 0.15) is 40.6 Å². The summed E-state index contributed by atoms with van der Waals surface area (Å²) in [4.78, 5) is 44.8. The molecule has 0 radical (unpaired) electrons. The van der Waals surface area contributed by atoms with Crippen LogP contribution in [0.5, 0.6) is 0 Å². The molecule has 0 aromatic carbocycles. The van der Waals surface area contributed by atoms with Gasteiger partial charge in [0.2, 0.25) is 6.41 Å². The lowest BCUT2D eigenvalue weighted by atomic mass is 10.1. The topological polar surface area (TPSA) is 73.8 Å². The van der Waals surface area contributed by atoms with Crippen LogP contribution in [-0.4, -0.2) is 77.7 Å². The van der Waals surface area contributed by atoms with E-state index in [4.69, 9.17) is 0 Å². The van der Waals surface area contributed by atoms with Gasteiger partial charge in [-0.2, -0.15) is 0 Å². The van der Waals surface area contributed by atoms with Crippen LogP contribution >= 0.6 is 0 Å². The van der Waals surface area contributed by atoms with Crippen LogP contribution < -0.4 is 0 Å². The quantitative estimate of drug-likeness (QED) is 0.725. The Balaban J connectivity index is 2.05. The molecule has 1 aliphatic rings. The molecule has 130 valence electrons. The Morgan fingerprint density at radius 1 is 1.29 bits per heavy atom. The van der Waals surface area contributed by atoms with Crippen molar-refractivity contribution >= 4 is 18.2 Å². The molecule has 0 bridgehead atoms. The molecule has 7 heteroatoms. The van der Waals surface area contributed by atoms with E-state index in [-0.39, 0.29) is 17.5 Å². The molecule has 0 atom stereocenters. The standard InChI is InChI=1S/C17H24N4O3/c1-3-4-7-19(2)17(24)15-12-14(5-6-18-15)16(23)21-10-8-20(13-22)9-11-21/h5-6,12-13H,3-4,7-11H2,1-2H3. The van der Waals surface area contributed by atoms with E-state index in [0.29, 0.717) is 38.3 Å². The second-order valence-electron chi connectivity index (χ2n) is 5.94. The summed E-state index contributed by atoms with van der Waals surface area (Å²) in [5.41, 5.74) is 0.739. The van der Waals surface area contributed by atoms with Gasteiger partial charge in [-0.05, 0) is 18.6 Å². The molecule has 0 aliphatic carbocycles. The number of piperazine rings is 1. The third-order valence-electron chi connectivity index (χ3n) is 4.17. The van der Waals surface area contributed by atoms with Crippen LogP contribution in [0.3, 0.4) is 0 Å². The molecule has 2 rings (SSSR count). The van der Waals surface area contributed by atoms with Gasteiger partial charge in [-0.3, -0.25) is 19.4 Å². The van der Waals surface area contributed by atoms with Crippen molar-refractivity contribution in [2.45, 2.75) is 19.8 Å². The molecule has 0 spiro atoms. The first-order valence-electron chi connectivity index (χ1n) is 8.27. The zero-order valence-electron chi connectivity index (χ0n) is 14.3. The molecular formula is C17H24N4O3. The Bertz CT molecular complexity index is 597. The third kappa shape index (κ3) is 4.31. The Morgan fingerprint density at radius 3 is 2.62 bits per heavy atom. The smallest absolute Gasteiger partial charge is 0.272 e. The molecule has 0 N–H and O–H groups in total. The Kier molecular flexibility index (Phi) is 6.28. The highest BCUT2D eigenvalue weighted by atomic mass is 16.2. The van der Waals surface area contributed by atoms with Gasteiger partial charge in [0.1, 0.15) is 5.69 Å². The minimum Gasteiger partial charge on any atom is -0.342 e. The van der Waals surface area contributed by atoms with Crippen molar-refractivity contribution in [3.05, 3.63) is 29.6 Å². The number of nitrogens with zero attached hydrogens (tertiary/aromatic N) is 4. The molecule has 1 aromatic heterocycles. The summed E-state index contributed by atoms with van der Waals surface area (Å²) in [7, 11) is 1.74. The largest absolute Gasteiger partial charge is 0.342 e. The van der Waals surface area contributed by atoms with Crippen molar-refractivity contribution in [1.29, 1.82) is 0 Å². The molecule has 1 fully saturated rings. The maximum atomic E-state index is 12.6. The van der Waals surface area contributed by atoms with E-state index in [1.54, 1.807) is 33.9 Å². The second-order valence-corrected chi connectivity index (χ2v) is 5.94. The number of hydrogen-bond acceptors (Lipinski definition) is 4. The molecule has 1 saturated heterocycles. The van der Waals surface area contributed by atoms with Crippen LogP contribution in [0, 0.1) is 0 Å². The predicted molar refractivity (Wildman–Crippen MR) is 89.6 cm³/mol. The van der Waals surface area contributed by atoms with Gasteiger partial charge >= 0.3 is 0 Å². The number of carbonyl (C=O) groups is 3. The van der Waals surface area contributed by atoms with Gasteiger partial charge in [0.25, 0.3) is 11.8 Å². The lowest BCUT2D eigenvalue weighted by Crippen LogP contribution is -2.48. The average Bonchev–Trinajstić information content (AvgIpc) is 2.65. The van der Waals surface area contributed by atoms with E-state index in [0.717, 1.165) is 19.3 Å². The predicted octanol–water partition coefficient (Wildman–Crippen LogP) is 0.868. The Labute approximate surface area is 142 Å². The third-order valence-corrected chi connectivity index (χ3v) is 4.17. The van der Waals surface area contributed by atoms with Crippen LogP contribution in [0.25, 0.3) is 0 Å². The first-order chi connectivity index (χ1) is 11.6. The second kappa shape index (κ2) is 8.42. The van der Waals surface area contributed by atoms with Gasteiger partial charge < -0.3 is 14.7 Å². The highest BCUT2D eigenvalue weighted by Crippen LogP contribution is 2.10. The van der Waals surface area contributed by atoms with Crippen molar-refractivity contribution in [1.82, 2.24) is 19.7 Å². The highest BCUT2D eigenvalue weighted by Gasteiger charge is 2.22. The van der Waals surface area contributed by atoms with Gasteiger partial charge in [-0.25, -0.2) is 0 Å². The Hall–Kier alpha value is -2.44. The van der Waals surface area contributed by atoms with Crippen molar-refractivity contribution < 1.29 is 14.4 Å². The first kappa shape index (κ1) is 17.9. The lowest BCUT2D eigenvalue weighted by Gasteiger charge is -2.32. The molecular weight excluding hydrogens is 308 g/mol. The minimum atomic E-state index is -0.177. The van der Waals surface area contributed by atoms with Crippen LogP contribution in [0.2, 0.25) is 0 Å². The fourth-order valence-electron chi connectivity index (χ4n) is 2.59. The maximum absolute atomic E-state index is 12.6. The maximum Gasteiger partial charge on any atom is 0.272 e. The number of unbranched alkanes of at least 4 members (excludes halogenated alkanes) is 1. The SMILES string of the molecule is CCCCN(C)C(=O)c1cc(C(=O)N2CCN(C=O)CC2)ccn1. The van der Waals surface area contributed by atoms with Gasteiger partial charge in [-0.15, -0.1) is 0 Å². The summed E-state index contributed by atoms with van der Waals surface area (Å²) >= 11 is 0. The monoisotopic (exact) mass is 332 g/mol. The Morgan fingerprint density at radius 2 is 2.00 bits per heavy atom. The van der Waals surface area contributed by atoms with Gasteiger partial charge in [0.15, 0.2) is 0 Å². The number of pyridine rings is 1. The van der Waals surface area contributed by atoms with E-state index >= 15 is 0 Å². The number of aromatic nitrogens is 1. The molecule has 0 saturated carbocycles. The summed E-state index contributed by atoms with van der Waals surface area (Å²) in [5.74, 6) is -0.308. The summed E-state index contributed by atoms with van der Waals surface area (Å²) < 4.78 is 0. The van der Waals surface area contributed by atoms with Gasteiger partial charge in [-0.1, -0.05) is 13.3 Å². The summed E-state index contributed by atoms with van der Waals surface area (Å²) in [6, 6.07) is 3.18.